The van der Waals surface area contributed by atoms with Gasteiger partial charge in [0.1, 0.15) is 11.5 Å². The van der Waals surface area contributed by atoms with Crippen molar-refractivity contribution in [3.8, 4) is 34.4 Å². The molecule has 5 nitrogen and oxygen atoms in total. The third-order valence-electron chi connectivity index (χ3n) is 3.25. The smallest absolute Gasteiger partial charge is 0.251 e. The number of rotatable bonds is 4. The van der Waals surface area contributed by atoms with Gasteiger partial charge in [-0.05, 0) is 24.3 Å². The van der Waals surface area contributed by atoms with Gasteiger partial charge in [0.2, 0.25) is 0 Å². The van der Waals surface area contributed by atoms with Gasteiger partial charge in [0, 0.05) is 6.07 Å². The quantitative estimate of drug-likeness (QED) is 0.715. The molecule has 0 aliphatic rings. The predicted molar refractivity (Wildman–Crippen MR) is 83.2 cm³/mol. The van der Waals surface area contributed by atoms with E-state index in [0.29, 0.717) is 17.1 Å². The molecule has 1 aromatic heterocycles. The van der Waals surface area contributed by atoms with Crippen molar-refractivity contribution >= 4 is 11.6 Å². The Bertz CT molecular complexity index is 851. The van der Waals surface area contributed by atoms with Crippen LogP contribution in [0.15, 0.2) is 40.8 Å². The van der Waals surface area contributed by atoms with Gasteiger partial charge in [-0.1, -0.05) is 17.7 Å². The van der Waals surface area contributed by atoms with E-state index < -0.39 is 5.82 Å². The van der Waals surface area contributed by atoms with Gasteiger partial charge in [0.05, 0.1) is 30.4 Å². The molecule has 0 aliphatic carbocycles. The number of methoxy groups -OCH3 is 2. The van der Waals surface area contributed by atoms with Crippen LogP contribution >= 0.6 is 11.6 Å². The van der Waals surface area contributed by atoms with E-state index in [2.05, 4.69) is 10.2 Å². The Kier molecular flexibility index (Phi) is 4.16. The summed E-state index contributed by atoms with van der Waals surface area (Å²) in [5.74, 6) is 0.778. The minimum absolute atomic E-state index is 0.00993. The van der Waals surface area contributed by atoms with Crippen LogP contribution in [0.1, 0.15) is 0 Å². The Balaban J connectivity index is 2.04. The van der Waals surface area contributed by atoms with Crippen LogP contribution in [0.3, 0.4) is 0 Å². The SMILES string of the molecule is COc1ccc(-c2nnc(-c3cccc(Cl)c3F)o2)c(OC)c1. The van der Waals surface area contributed by atoms with E-state index in [9.17, 15) is 4.39 Å². The van der Waals surface area contributed by atoms with Crippen molar-refractivity contribution in [1.82, 2.24) is 10.2 Å². The fraction of sp³-hybridized carbons (Fsp3) is 0.125. The standard InChI is InChI=1S/C16H12ClFN2O3/c1-21-9-6-7-10(13(8-9)22-2)15-19-20-16(23-15)11-4-3-5-12(17)14(11)18/h3-8H,1-2H3. The molecule has 0 radical (unpaired) electrons. The number of aromatic nitrogens is 2. The maximum absolute atomic E-state index is 14.0. The summed E-state index contributed by atoms with van der Waals surface area (Å²) >= 11 is 5.77. The number of nitrogens with zero attached hydrogens (tertiary/aromatic N) is 2. The number of hydrogen-bond donors (Lipinski definition) is 0. The van der Waals surface area contributed by atoms with Crippen LogP contribution in [-0.4, -0.2) is 24.4 Å². The van der Waals surface area contributed by atoms with Gasteiger partial charge in [-0.15, -0.1) is 10.2 Å². The van der Waals surface area contributed by atoms with Gasteiger partial charge in [-0.25, -0.2) is 4.39 Å². The summed E-state index contributed by atoms with van der Waals surface area (Å²) in [6.07, 6.45) is 0. The Morgan fingerprint density at radius 3 is 2.43 bits per heavy atom. The van der Waals surface area contributed by atoms with Crippen LogP contribution < -0.4 is 9.47 Å². The summed E-state index contributed by atoms with van der Waals surface area (Å²) in [6.45, 7) is 0. The zero-order valence-corrected chi connectivity index (χ0v) is 13.1. The highest BCUT2D eigenvalue weighted by Gasteiger charge is 2.18. The molecule has 0 atom stereocenters. The fourth-order valence-corrected chi connectivity index (χ4v) is 2.26. The summed E-state index contributed by atoms with van der Waals surface area (Å²) in [7, 11) is 3.08. The normalized spacial score (nSPS) is 10.6. The number of halogens is 2. The molecule has 3 aromatic rings. The van der Waals surface area contributed by atoms with Crippen LogP contribution in [0.4, 0.5) is 4.39 Å². The van der Waals surface area contributed by atoms with Crippen molar-refractivity contribution in [2.45, 2.75) is 0 Å². The first kappa shape index (κ1) is 15.3. The molecule has 118 valence electrons. The van der Waals surface area contributed by atoms with Crippen LogP contribution in [0.5, 0.6) is 11.5 Å². The van der Waals surface area contributed by atoms with Gasteiger partial charge < -0.3 is 13.9 Å². The molecule has 7 heteroatoms. The first-order chi connectivity index (χ1) is 11.1. The minimum Gasteiger partial charge on any atom is -0.497 e. The Morgan fingerprint density at radius 1 is 1.00 bits per heavy atom. The second kappa shape index (κ2) is 6.26. The average Bonchev–Trinajstić information content (AvgIpc) is 3.06. The van der Waals surface area contributed by atoms with Gasteiger partial charge in [-0.2, -0.15) is 0 Å². The first-order valence-electron chi connectivity index (χ1n) is 6.64. The Hall–Kier alpha value is -2.60. The van der Waals surface area contributed by atoms with Crippen molar-refractivity contribution in [3.05, 3.63) is 47.2 Å². The Morgan fingerprint density at radius 2 is 1.74 bits per heavy atom. The lowest BCUT2D eigenvalue weighted by molar-refractivity contribution is 0.394. The molecule has 0 N–H and O–H groups in total. The highest BCUT2D eigenvalue weighted by Crippen LogP contribution is 2.34. The van der Waals surface area contributed by atoms with Crippen LogP contribution in [-0.2, 0) is 0 Å². The first-order valence-corrected chi connectivity index (χ1v) is 7.02. The lowest BCUT2D eigenvalue weighted by atomic mass is 10.2. The molecule has 0 fully saturated rings. The van der Waals surface area contributed by atoms with Crippen molar-refractivity contribution in [3.63, 3.8) is 0 Å². The number of hydrogen-bond acceptors (Lipinski definition) is 5. The predicted octanol–water partition coefficient (Wildman–Crippen LogP) is 4.21. The van der Waals surface area contributed by atoms with Gasteiger partial charge in [0.25, 0.3) is 11.8 Å². The van der Waals surface area contributed by atoms with Crippen LogP contribution in [0.25, 0.3) is 22.9 Å². The molecule has 0 spiro atoms. The summed E-state index contributed by atoms with van der Waals surface area (Å²) in [5.41, 5.74) is 0.721. The molecule has 0 bridgehead atoms. The summed E-state index contributed by atoms with van der Waals surface area (Å²) < 4.78 is 30.0. The number of ether oxygens (including phenoxy) is 2. The lowest BCUT2D eigenvalue weighted by Crippen LogP contribution is -1.90. The zero-order chi connectivity index (χ0) is 16.4. The summed E-state index contributed by atoms with van der Waals surface area (Å²) in [5, 5.41) is 7.82. The van der Waals surface area contributed by atoms with Gasteiger partial charge in [-0.3, -0.25) is 0 Å². The highest BCUT2D eigenvalue weighted by molar-refractivity contribution is 6.31. The molecule has 23 heavy (non-hydrogen) atoms. The monoisotopic (exact) mass is 334 g/mol. The fourth-order valence-electron chi connectivity index (χ4n) is 2.09. The Labute approximate surface area is 136 Å². The average molecular weight is 335 g/mol. The third kappa shape index (κ3) is 2.85. The molecule has 1 heterocycles. The molecule has 0 saturated heterocycles. The van der Waals surface area contributed by atoms with Crippen molar-refractivity contribution in [1.29, 1.82) is 0 Å². The van der Waals surface area contributed by atoms with Crippen molar-refractivity contribution in [2.75, 3.05) is 14.2 Å². The van der Waals surface area contributed by atoms with Crippen LogP contribution in [0, 0.1) is 5.82 Å². The largest absolute Gasteiger partial charge is 0.497 e. The summed E-state index contributed by atoms with van der Waals surface area (Å²) in [6, 6.07) is 9.73. The molecule has 0 saturated carbocycles. The summed E-state index contributed by atoms with van der Waals surface area (Å²) in [4.78, 5) is 0. The maximum atomic E-state index is 14.0. The molecular weight excluding hydrogens is 323 g/mol. The second-order valence-corrected chi connectivity index (χ2v) is 4.99. The maximum Gasteiger partial charge on any atom is 0.251 e. The van der Waals surface area contributed by atoms with E-state index in [-0.39, 0.29) is 22.4 Å². The topological polar surface area (TPSA) is 57.4 Å². The molecular formula is C16H12ClFN2O3. The lowest BCUT2D eigenvalue weighted by Gasteiger charge is -2.07. The van der Waals surface area contributed by atoms with E-state index in [1.165, 1.54) is 19.2 Å². The van der Waals surface area contributed by atoms with E-state index in [1.54, 1.807) is 31.4 Å². The van der Waals surface area contributed by atoms with Gasteiger partial charge in [0.15, 0.2) is 5.82 Å². The molecule has 0 amide bonds. The molecule has 0 aliphatic heterocycles. The second-order valence-electron chi connectivity index (χ2n) is 4.58. The third-order valence-corrected chi connectivity index (χ3v) is 3.54. The van der Waals surface area contributed by atoms with E-state index >= 15 is 0 Å². The highest BCUT2D eigenvalue weighted by atomic mass is 35.5. The minimum atomic E-state index is -0.605. The van der Waals surface area contributed by atoms with Gasteiger partial charge >= 0.3 is 0 Å². The molecule has 0 unspecified atom stereocenters. The van der Waals surface area contributed by atoms with E-state index in [4.69, 9.17) is 25.5 Å². The van der Waals surface area contributed by atoms with E-state index in [1.807, 2.05) is 0 Å². The number of benzene rings is 2. The zero-order valence-electron chi connectivity index (χ0n) is 12.3. The van der Waals surface area contributed by atoms with Crippen molar-refractivity contribution < 1.29 is 18.3 Å². The molecule has 3 rings (SSSR count). The van der Waals surface area contributed by atoms with E-state index in [0.717, 1.165) is 0 Å². The van der Waals surface area contributed by atoms with Crippen molar-refractivity contribution in [2.24, 2.45) is 0 Å². The van der Waals surface area contributed by atoms with Crippen LogP contribution in [0.2, 0.25) is 5.02 Å². The molecule has 2 aromatic carbocycles.